The van der Waals surface area contributed by atoms with Crippen LogP contribution in [0.2, 0.25) is 0 Å². The summed E-state index contributed by atoms with van der Waals surface area (Å²) < 4.78 is 5.94. The van der Waals surface area contributed by atoms with E-state index in [-0.39, 0.29) is 107 Å². The van der Waals surface area contributed by atoms with Gasteiger partial charge >= 0.3 is 5.70 Å². The largest absolute Gasteiger partial charge is 0.434 e. The Bertz CT molecular complexity index is 3020. The van der Waals surface area contributed by atoms with Crippen molar-refractivity contribution >= 4 is 16.8 Å². The van der Waals surface area contributed by atoms with Crippen LogP contribution in [0.5, 0.6) is 0 Å². The maximum absolute atomic E-state index is 10.3. The zero-order valence-corrected chi connectivity index (χ0v) is 25.1. The highest BCUT2D eigenvalue weighted by Crippen LogP contribution is 2.31. The molecule has 16 nitrogen and oxygen atoms in total. The fraction of sp³-hybridized carbons (Fsp3) is 0.0294. The predicted molar refractivity (Wildman–Crippen MR) is 167 cm³/mol. The van der Waals surface area contributed by atoms with Gasteiger partial charge in [-0.15, -0.1) is 0 Å². The second kappa shape index (κ2) is 11.6. The Kier molecular flexibility index (Phi) is 6.92. The summed E-state index contributed by atoms with van der Waals surface area (Å²) in [6.07, 6.45) is 0. The molecule has 4 heterocycles. The molecule has 0 spiro atoms. The third kappa shape index (κ3) is 4.64. The quantitative estimate of drug-likeness (QED) is 0.207. The summed E-state index contributed by atoms with van der Waals surface area (Å²) in [5.41, 5.74) is 0.904. The van der Waals surface area contributed by atoms with E-state index in [1.165, 1.54) is 24.3 Å². The molecule has 0 saturated carbocycles. The summed E-state index contributed by atoms with van der Waals surface area (Å²) in [7, 11) is 0. The summed E-state index contributed by atoms with van der Waals surface area (Å²) >= 11 is 0. The van der Waals surface area contributed by atoms with Gasteiger partial charge < -0.3 is 4.42 Å². The minimum Gasteiger partial charge on any atom is -0.434 e. The van der Waals surface area contributed by atoms with Crippen LogP contribution in [-0.2, 0) is 0 Å². The molecule has 0 atom stereocenters. The Labute approximate surface area is 279 Å². The maximum Gasteiger partial charge on any atom is 0.305 e. The van der Waals surface area contributed by atoms with Gasteiger partial charge in [0.15, 0.2) is 28.9 Å². The molecule has 0 bridgehead atoms. The highest BCUT2D eigenvalue weighted by atomic mass is 16.3. The van der Waals surface area contributed by atoms with Crippen LogP contribution < -0.4 is 21.4 Å². The van der Waals surface area contributed by atoms with Gasteiger partial charge in [0.25, 0.3) is 5.89 Å². The maximum atomic E-state index is 10.3. The van der Waals surface area contributed by atoms with Crippen LogP contribution in [-0.4, -0.2) is 19.9 Å². The average molecular weight is 644 g/mol. The minimum atomic E-state index is -0.351. The van der Waals surface area contributed by atoms with Gasteiger partial charge in [0, 0.05) is 11.1 Å². The van der Waals surface area contributed by atoms with Crippen molar-refractivity contribution in [3.8, 4) is 58.8 Å². The van der Waals surface area contributed by atoms with Crippen molar-refractivity contribution < 1.29 is 4.42 Å². The number of aromatic nitrogens is 4. The van der Waals surface area contributed by atoms with Gasteiger partial charge in [-0.25, -0.2) is 59.7 Å². The van der Waals surface area contributed by atoms with E-state index in [0.717, 1.165) is 0 Å². The number of allylic oxidation sites excluding steroid dienone is 2. The van der Waals surface area contributed by atoms with Crippen LogP contribution >= 0.6 is 0 Å². The van der Waals surface area contributed by atoms with Crippen molar-refractivity contribution in [1.29, 1.82) is 21.0 Å². The Morgan fingerprint density at radius 1 is 0.700 bits per heavy atom. The zero-order valence-electron chi connectivity index (χ0n) is 25.1. The van der Waals surface area contributed by atoms with Crippen molar-refractivity contribution in [3.63, 3.8) is 0 Å². The highest BCUT2D eigenvalue weighted by Gasteiger charge is 2.24. The van der Waals surface area contributed by atoms with Crippen molar-refractivity contribution in [1.82, 2.24) is 19.9 Å². The van der Waals surface area contributed by atoms with E-state index in [1.807, 2.05) is 6.07 Å². The second-order valence-corrected chi connectivity index (χ2v) is 10.2. The first-order valence-electron chi connectivity index (χ1n) is 13.9. The normalized spacial score (nSPS) is 13.9. The third-order valence-electron chi connectivity index (χ3n) is 7.40. The number of nitrogens with zero attached hydrogens (tertiary/aromatic N) is 15. The first kappa shape index (κ1) is 29.9. The number of oxazole rings is 1. The number of rotatable bonds is 3. The average Bonchev–Trinajstić information content (AvgIpc) is 3.90. The van der Waals surface area contributed by atoms with E-state index in [9.17, 15) is 21.0 Å². The molecule has 7 rings (SSSR count). The van der Waals surface area contributed by atoms with Gasteiger partial charge in [-0.3, -0.25) is 0 Å². The monoisotopic (exact) mass is 643 g/mol. The molecule has 2 aliphatic heterocycles. The standard InChI is InChI=1S/C34H9N15O/c1-15(39-2)29-42-21-7-5-17(19(12-36)27(21)45-29)30-47-31(18-6-8-22-28(20(18)13-37)46-32(43-22)25(14-38)41-4)49-33(48-30)34-44-24-10-23(40-3)16(11-35)9-26(24)50-34/h5-10H,1H3/b29-15-,32-25+. The van der Waals surface area contributed by atoms with E-state index in [1.54, 1.807) is 25.1 Å². The van der Waals surface area contributed by atoms with Crippen LogP contribution in [0.4, 0.5) is 5.69 Å². The van der Waals surface area contributed by atoms with Gasteiger partial charge in [0.2, 0.25) is 17.2 Å². The number of nitriles is 4. The SMILES string of the molecule is [C-]#[N+]/C(C)=C1/N=c2ccc(-c3nc(-c4nc5cc([N+]#[C-])c(C#N)cc5o4)nc(-c4ccc5c(c4C#N)=N/C(=C(\C#N)[N+]#[C-])N=5)n3)c(C#N)c2=N1. The van der Waals surface area contributed by atoms with Crippen LogP contribution in [0.25, 0.3) is 60.1 Å². The lowest BCUT2D eigenvalue weighted by atomic mass is 10.0. The fourth-order valence-corrected chi connectivity index (χ4v) is 5.05. The van der Waals surface area contributed by atoms with Crippen molar-refractivity contribution in [2.75, 3.05) is 0 Å². The molecular formula is C34H9N15O. The summed E-state index contributed by atoms with van der Waals surface area (Å²) in [6, 6.07) is 16.9. The molecule has 0 unspecified atom stereocenters. The zero-order chi connectivity index (χ0) is 35.1. The Morgan fingerprint density at radius 3 is 1.84 bits per heavy atom. The smallest absolute Gasteiger partial charge is 0.305 e. The Balaban J connectivity index is 1.52. The molecule has 0 radical (unpaired) electrons. The van der Waals surface area contributed by atoms with Crippen LogP contribution in [0.3, 0.4) is 0 Å². The molecule has 3 aromatic carbocycles. The molecule has 16 heteroatoms. The summed E-state index contributed by atoms with van der Waals surface area (Å²) in [5, 5.41) is 40.4. The molecule has 0 aliphatic carbocycles. The third-order valence-corrected chi connectivity index (χ3v) is 7.40. The van der Waals surface area contributed by atoms with Crippen molar-refractivity contribution in [2.24, 2.45) is 20.0 Å². The van der Waals surface area contributed by atoms with Gasteiger partial charge in [-0.05, 0) is 43.3 Å². The summed E-state index contributed by atoms with van der Waals surface area (Å²) in [6.45, 7) is 23.6. The highest BCUT2D eigenvalue weighted by molar-refractivity contribution is 5.83. The molecule has 2 aliphatic rings. The van der Waals surface area contributed by atoms with Gasteiger partial charge in [-0.2, -0.15) is 15.8 Å². The number of hydrogen-bond acceptors (Lipinski definition) is 13. The predicted octanol–water partition coefficient (Wildman–Crippen LogP) is 3.41. The molecular weight excluding hydrogens is 634 g/mol. The van der Waals surface area contributed by atoms with Crippen molar-refractivity contribution in [2.45, 2.75) is 6.92 Å². The van der Waals surface area contributed by atoms with E-state index < -0.39 is 0 Å². The number of hydrogen-bond donors (Lipinski definition) is 0. The van der Waals surface area contributed by atoms with Gasteiger partial charge in [0.05, 0.1) is 64.8 Å². The lowest BCUT2D eigenvalue weighted by molar-refractivity contribution is 0.612. The van der Waals surface area contributed by atoms with Crippen LogP contribution in [0, 0.1) is 65.0 Å². The molecule has 5 aromatic rings. The summed E-state index contributed by atoms with van der Waals surface area (Å²) in [5.74, 6) is -0.302. The van der Waals surface area contributed by atoms with E-state index in [0.29, 0.717) is 5.36 Å². The molecule has 0 fully saturated rings. The topological polar surface area (TPSA) is 222 Å². The molecule has 0 saturated heterocycles. The molecule has 0 N–H and O–H groups in total. The van der Waals surface area contributed by atoms with Gasteiger partial charge in [-0.1, -0.05) is 0 Å². The van der Waals surface area contributed by atoms with Gasteiger partial charge in [0.1, 0.15) is 22.9 Å². The lowest BCUT2D eigenvalue weighted by Crippen LogP contribution is -2.26. The minimum absolute atomic E-state index is 0.0165. The van der Waals surface area contributed by atoms with E-state index in [2.05, 4.69) is 66.6 Å². The Morgan fingerprint density at radius 2 is 1.30 bits per heavy atom. The molecule has 2 aromatic heterocycles. The first-order chi connectivity index (χ1) is 24.3. The number of fused-ring (bicyclic) bond motifs is 3. The van der Waals surface area contributed by atoms with E-state index >= 15 is 0 Å². The summed E-state index contributed by atoms with van der Waals surface area (Å²) in [4.78, 5) is 45.4. The second-order valence-electron chi connectivity index (χ2n) is 10.2. The van der Waals surface area contributed by atoms with E-state index in [4.69, 9.17) is 24.1 Å². The van der Waals surface area contributed by atoms with Crippen molar-refractivity contribution in [3.05, 3.63) is 132 Å². The molecule has 0 amide bonds. The molecule has 50 heavy (non-hydrogen) atoms. The Hall–Kier alpha value is -8.75. The number of benzene rings is 3. The van der Waals surface area contributed by atoms with Crippen LogP contribution in [0.1, 0.15) is 23.6 Å². The van der Waals surface area contributed by atoms with Crippen LogP contribution in [0.15, 0.2) is 83.8 Å². The first-order valence-corrected chi connectivity index (χ1v) is 13.9. The lowest BCUT2D eigenvalue weighted by Gasteiger charge is -2.08. The molecule has 226 valence electrons. The fourth-order valence-electron chi connectivity index (χ4n) is 5.05.